The number of halogens is 1. The highest BCUT2D eigenvalue weighted by molar-refractivity contribution is 14.0. The third-order valence-electron chi connectivity index (χ3n) is 4.81. The number of likely N-dealkylation sites (tertiary alicyclic amines) is 1. The van der Waals surface area contributed by atoms with Gasteiger partial charge in [0, 0.05) is 24.7 Å². The summed E-state index contributed by atoms with van der Waals surface area (Å²) in [6.07, 6.45) is 4.50. The molecule has 1 aliphatic heterocycles. The molecule has 1 saturated heterocycles. The molecule has 1 aliphatic rings. The Labute approximate surface area is 183 Å². The number of aliphatic imine (C=N–C) groups is 1. The van der Waals surface area contributed by atoms with Crippen molar-refractivity contribution in [3.05, 3.63) is 51.5 Å². The summed E-state index contributed by atoms with van der Waals surface area (Å²) >= 11 is 1.72. The lowest BCUT2D eigenvalue weighted by Crippen LogP contribution is -2.42. The van der Waals surface area contributed by atoms with Crippen LogP contribution < -0.4 is 10.6 Å². The van der Waals surface area contributed by atoms with Crippen LogP contribution in [0, 0.1) is 13.8 Å². The molecule has 7 heteroatoms. The molecule has 2 heterocycles. The van der Waals surface area contributed by atoms with Crippen molar-refractivity contribution in [3.8, 4) is 0 Å². The summed E-state index contributed by atoms with van der Waals surface area (Å²) in [5.41, 5.74) is 2.68. The lowest BCUT2D eigenvalue weighted by Gasteiger charge is -2.29. The van der Waals surface area contributed by atoms with Crippen LogP contribution in [0.2, 0.25) is 0 Å². The normalized spacial score (nSPS) is 16.0. The fraction of sp³-hybridized carbons (Fsp3) is 0.500. The number of hydrogen-bond acceptors (Lipinski definition) is 4. The van der Waals surface area contributed by atoms with Gasteiger partial charge in [-0.15, -0.1) is 35.3 Å². The second kappa shape index (κ2) is 11.0. The van der Waals surface area contributed by atoms with Crippen molar-refractivity contribution >= 4 is 41.3 Å². The number of thiazole rings is 1. The van der Waals surface area contributed by atoms with E-state index in [1.54, 1.807) is 11.3 Å². The summed E-state index contributed by atoms with van der Waals surface area (Å²) in [7, 11) is 1.82. The van der Waals surface area contributed by atoms with E-state index in [9.17, 15) is 0 Å². The Balaban J connectivity index is 0.00000261. The molecule has 0 saturated carbocycles. The zero-order valence-corrected chi connectivity index (χ0v) is 19.5. The predicted molar refractivity (Wildman–Crippen MR) is 125 cm³/mol. The van der Waals surface area contributed by atoms with Crippen molar-refractivity contribution in [1.29, 1.82) is 0 Å². The number of guanidine groups is 1. The molecule has 1 atom stereocenters. The van der Waals surface area contributed by atoms with Gasteiger partial charge in [0.2, 0.25) is 0 Å². The number of aromatic nitrogens is 1. The molecule has 27 heavy (non-hydrogen) atoms. The average Bonchev–Trinajstić information content (AvgIpc) is 3.31. The third-order valence-corrected chi connectivity index (χ3v) is 5.72. The van der Waals surface area contributed by atoms with Gasteiger partial charge in [0.1, 0.15) is 5.01 Å². The molecule has 5 nitrogen and oxygen atoms in total. The van der Waals surface area contributed by atoms with Crippen LogP contribution in [0.1, 0.15) is 39.9 Å². The van der Waals surface area contributed by atoms with Crippen LogP contribution in [0.3, 0.4) is 0 Å². The topological polar surface area (TPSA) is 52.6 Å². The predicted octanol–water partition coefficient (Wildman–Crippen LogP) is 3.88. The maximum absolute atomic E-state index is 4.40. The maximum Gasteiger partial charge on any atom is 0.191 e. The molecule has 1 fully saturated rings. The van der Waals surface area contributed by atoms with E-state index in [0.717, 1.165) is 17.5 Å². The minimum Gasteiger partial charge on any atom is -0.354 e. The molecular formula is C20H30IN5S. The molecule has 148 valence electrons. The number of rotatable bonds is 6. The van der Waals surface area contributed by atoms with Gasteiger partial charge in [-0.1, -0.05) is 29.8 Å². The van der Waals surface area contributed by atoms with Crippen LogP contribution in [0.15, 0.2) is 35.5 Å². The number of nitrogens with zero attached hydrogens (tertiary/aromatic N) is 3. The molecule has 2 aromatic rings. The summed E-state index contributed by atoms with van der Waals surface area (Å²) in [4.78, 5) is 12.6. The molecule has 3 rings (SSSR count). The number of aryl methyl sites for hydroxylation is 2. The SMILES string of the molecule is CN=C(NCc1ncc(C)s1)NCC(c1ccc(C)cc1)N1CCCC1.I. The van der Waals surface area contributed by atoms with Gasteiger partial charge in [0.15, 0.2) is 5.96 Å². The second-order valence-corrected chi connectivity index (χ2v) is 8.16. The first-order valence-electron chi connectivity index (χ1n) is 9.32. The van der Waals surface area contributed by atoms with E-state index >= 15 is 0 Å². The van der Waals surface area contributed by atoms with Crippen molar-refractivity contribution in [2.24, 2.45) is 4.99 Å². The zero-order chi connectivity index (χ0) is 18.4. The fourth-order valence-electron chi connectivity index (χ4n) is 3.36. The molecule has 0 bridgehead atoms. The molecular weight excluding hydrogens is 469 g/mol. The van der Waals surface area contributed by atoms with Crippen LogP contribution >= 0.6 is 35.3 Å². The van der Waals surface area contributed by atoms with E-state index in [0.29, 0.717) is 12.6 Å². The Hall–Kier alpha value is -1.19. The maximum atomic E-state index is 4.40. The van der Waals surface area contributed by atoms with Crippen LogP contribution in [-0.4, -0.2) is 42.5 Å². The van der Waals surface area contributed by atoms with Crippen LogP contribution in [0.5, 0.6) is 0 Å². The third kappa shape index (κ3) is 6.43. The number of benzene rings is 1. The summed E-state index contributed by atoms with van der Waals surface area (Å²) in [5.74, 6) is 0.828. The van der Waals surface area contributed by atoms with E-state index in [4.69, 9.17) is 0 Å². The largest absolute Gasteiger partial charge is 0.354 e. The van der Waals surface area contributed by atoms with Crippen LogP contribution in [0.4, 0.5) is 0 Å². The number of nitrogens with one attached hydrogen (secondary N) is 2. The van der Waals surface area contributed by atoms with Gasteiger partial charge in [-0.05, 0) is 45.3 Å². The fourth-order valence-corrected chi connectivity index (χ4v) is 4.08. The standard InChI is InChI=1S/C20H29N5S.HI/c1-15-6-8-17(9-7-15)18(25-10-4-5-11-25)13-23-20(21-3)24-14-19-22-12-16(2)26-19;/h6-9,12,18H,4-5,10-11,13-14H2,1-3H3,(H2,21,23,24);1H. The van der Waals surface area contributed by atoms with Gasteiger partial charge in [-0.3, -0.25) is 9.89 Å². The molecule has 0 spiro atoms. The van der Waals surface area contributed by atoms with E-state index in [-0.39, 0.29) is 24.0 Å². The van der Waals surface area contributed by atoms with E-state index in [1.165, 1.54) is 41.9 Å². The first-order valence-corrected chi connectivity index (χ1v) is 10.1. The van der Waals surface area contributed by atoms with E-state index in [2.05, 4.69) is 63.6 Å². The monoisotopic (exact) mass is 499 g/mol. The zero-order valence-electron chi connectivity index (χ0n) is 16.4. The molecule has 1 unspecified atom stereocenters. The summed E-state index contributed by atoms with van der Waals surface area (Å²) in [5, 5.41) is 7.97. The van der Waals surface area contributed by atoms with Crippen molar-refractivity contribution in [2.75, 3.05) is 26.7 Å². The molecule has 1 aromatic heterocycles. The Morgan fingerprint density at radius 2 is 1.89 bits per heavy atom. The van der Waals surface area contributed by atoms with E-state index < -0.39 is 0 Å². The molecule has 0 aliphatic carbocycles. The number of hydrogen-bond donors (Lipinski definition) is 2. The van der Waals surface area contributed by atoms with E-state index in [1.807, 2.05) is 13.2 Å². The highest BCUT2D eigenvalue weighted by Crippen LogP contribution is 2.24. The average molecular weight is 499 g/mol. The quantitative estimate of drug-likeness (QED) is 0.360. The van der Waals surface area contributed by atoms with Crippen LogP contribution in [0.25, 0.3) is 0 Å². The lowest BCUT2D eigenvalue weighted by atomic mass is 10.0. The van der Waals surface area contributed by atoms with Gasteiger partial charge < -0.3 is 10.6 Å². The summed E-state index contributed by atoms with van der Waals surface area (Å²) in [6.45, 7) is 8.11. The first-order chi connectivity index (χ1) is 12.7. The van der Waals surface area contributed by atoms with Gasteiger partial charge in [0.05, 0.1) is 12.6 Å². The Kier molecular flexibility index (Phi) is 8.98. The van der Waals surface area contributed by atoms with Crippen molar-refractivity contribution in [3.63, 3.8) is 0 Å². The summed E-state index contributed by atoms with van der Waals surface area (Å²) < 4.78 is 0. The Morgan fingerprint density at radius 1 is 1.19 bits per heavy atom. The van der Waals surface area contributed by atoms with Crippen molar-refractivity contribution in [2.45, 2.75) is 39.3 Å². The minimum atomic E-state index is 0. The van der Waals surface area contributed by atoms with Crippen molar-refractivity contribution in [1.82, 2.24) is 20.5 Å². The van der Waals surface area contributed by atoms with Crippen molar-refractivity contribution < 1.29 is 0 Å². The first kappa shape index (κ1) is 22.1. The second-order valence-electron chi connectivity index (χ2n) is 6.84. The van der Waals surface area contributed by atoms with Gasteiger partial charge >= 0.3 is 0 Å². The molecule has 0 amide bonds. The lowest BCUT2D eigenvalue weighted by molar-refractivity contribution is 0.245. The van der Waals surface area contributed by atoms with Gasteiger partial charge in [0.25, 0.3) is 0 Å². The summed E-state index contributed by atoms with van der Waals surface area (Å²) in [6, 6.07) is 9.30. The molecule has 0 radical (unpaired) electrons. The van der Waals surface area contributed by atoms with Gasteiger partial charge in [-0.2, -0.15) is 0 Å². The van der Waals surface area contributed by atoms with Gasteiger partial charge in [-0.25, -0.2) is 4.98 Å². The smallest absolute Gasteiger partial charge is 0.191 e. The Bertz CT molecular complexity index is 722. The minimum absolute atomic E-state index is 0. The highest BCUT2D eigenvalue weighted by Gasteiger charge is 2.23. The molecule has 2 N–H and O–H groups in total. The molecule has 1 aromatic carbocycles. The highest BCUT2D eigenvalue weighted by atomic mass is 127. The Morgan fingerprint density at radius 3 is 2.48 bits per heavy atom. The van der Waals surface area contributed by atoms with Crippen LogP contribution in [-0.2, 0) is 6.54 Å².